The lowest BCUT2D eigenvalue weighted by atomic mass is 10.1. The molecule has 0 bridgehead atoms. The third-order valence-corrected chi connectivity index (χ3v) is 4.05. The number of benzene rings is 1. The van der Waals surface area contributed by atoms with Crippen molar-refractivity contribution in [1.82, 2.24) is 10.6 Å². The number of nitrogens with one attached hydrogen (secondary N) is 2. The van der Waals surface area contributed by atoms with Gasteiger partial charge >= 0.3 is 0 Å². The lowest BCUT2D eigenvalue weighted by Crippen LogP contribution is -2.39. The highest BCUT2D eigenvalue weighted by atomic mass is 127. The van der Waals surface area contributed by atoms with E-state index in [0.717, 1.165) is 51.2 Å². The van der Waals surface area contributed by atoms with Crippen LogP contribution in [-0.2, 0) is 15.9 Å². The second kappa shape index (κ2) is 13.2. The van der Waals surface area contributed by atoms with Gasteiger partial charge in [0.25, 0.3) is 0 Å². The number of hydrogen-bond acceptors (Lipinski definition) is 3. The summed E-state index contributed by atoms with van der Waals surface area (Å²) in [7, 11) is 1.68. The van der Waals surface area contributed by atoms with E-state index < -0.39 is 11.6 Å². The zero-order valence-electron chi connectivity index (χ0n) is 15.1. The van der Waals surface area contributed by atoms with E-state index in [1.807, 2.05) is 0 Å². The van der Waals surface area contributed by atoms with Crippen LogP contribution in [0.15, 0.2) is 23.2 Å². The highest BCUT2D eigenvalue weighted by Crippen LogP contribution is 2.11. The molecule has 2 rings (SSSR count). The summed E-state index contributed by atoms with van der Waals surface area (Å²) in [5, 5.41) is 6.28. The van der Waals surface area contributed by atoms with Crippen LogP contribution in [0.1, 0.15) is 24.8 Å². The zero-order chi connectivity index (χ0) is 17.9. The second-order valence-electron chi connectivity index (χ2n) is 5.95. The number of rotatable bonds is 8. The molecule has 1 heterocycles. The van der Waals surface area contributed by atoms with Crippen LogP contribution in [0.5, 0.6) is 0 Å². The molecular formula is C18H28F2IN3O2. The lowest BCUT2D eigenvalue weighted by molar-refractivity contribution is -0.0320. The third kappa shape index (κ3) is 8.59. The SMILES string of the molecule is CN=C(NCCCOC1CCOCC1)NCCc1cc(F)ccc1F.I. The van der Waals surface area contributed by atoms with Crippen molar-refractivity contribution in [3.05, 3.63) is 35.4 Å². The third-order valence-electron chi connectivity index (χ3n) is 4.05. The quantitative estimate of drug-likeness (QED) is 0.259. The van der Waals surface area contributed by atoms with Gasteiger partial charge < -0.3 is 20.1 Å². The van der Waals surface area contributed by atoms with Crippen molar-refractivity contribution in [2.24, 2.45) is 4.99 Å². The van der Waals surface area contributed by atoms with Crippen molar-refractivity contribution in [2.45, 2.75) is 31.8 Å². The number of halogens is 3. The number of hydrogen-bond donors (Lipinski definition) is 2. The highest BCUT2D eigenvalue weighted by Gasteiger charge is 2.13. The van der Waals surface area contributed by atoms with E-state index in [-0.39, 0.29) is 24.0 Å². The molecule has 26 heavy (non-hydrogen) atoms. The topological polar surface area (TPSA) is 54.9 Å². The van der Waals surface area contributed by atoms with Crippen molar-refractivity contribution in [1.29, 1.82) is 0 Å². The largest absolute Gasteiger partial charge is 0.381 e. The molecule has 0 aromatic heterocycles. The van der Waals surface area contributed by atoms with Crippen LogP contribution in [0.4, 0.5) is 8.78 Å². The number of guanidine groups is 1. The average molecular weight is 483 g/mol. The van der Waals surface area contributed by atoms with Crippen LogP contribution < -0.4 is 10.6 Å². The molecule has 0 radical (unpaired) electrons. The minimum Gasteiger partial charge on any atom is -0.381 e. The monoisotopic (exact) mass is 483 g/mol. The van der Waals surface area contributed by atoms with Gasteiger partial charge in [-0.1, -0.05) is 0 Å². The van der Waals surface area contributed by atoms with E-state index in [9.17, 15) is 8.78 Å². The van der Waals surface area contributed by atoms with E-state index >= 15 is 0 Å². The maximum atomic E-state index is 13.6. The summed E-state index contributed by atoms with van der Waals surface area (Å²) < 4.78 is 37.8. The molecule has 1 aromatic rings. The van der Waals surface area contributed by atoms with Crippen LogP contribution in [0.25, 0.3) is 0 Å². The van der Waals surface area contributed by atoms with E-state index in [1.165, 1.54) is 6.07 Å². The maximum absolute atomic E-state index is 13.6. The molecule has 0 spiro atoms. The molecular weight excluding hydrogens is 455 g/mol. The Balaban J connectivity index is 0.00000338. The molecule has 0 atom stereocenters. The van der Waals surface area contributed by atoms with Gasteiger partial charge in [-0.2, -0.15) is 0 Å². The van der Waals surface area contributed by atoms with Crippen LogP contribution in [0, 0.1) is 11.6 Å². The van der Waals surface area contributed by atoms with Crippen molar-refractivity contribution in [3.8, 4) is 0 Å². The predicted molar refractivity (Wildman–Crippen MR) is 109 cm³/mol. The molecule has 148 valence electrons. The first kappa shape index (κ1) is 23.0. The first-order valence-electron chi connectivity index (χ1n) is 8.77. The summed E-state index contributed by atoms with van der Waals surface area (Å²) in [5.74, 6) is -0.178. The first-order valence-corrected chi connectivity index (χ1v) is 8.77. The fraction of sp³-hybridized carbons (Fsp3) is 0.611. The number of ether oxygens (including phenoxy) is 2. The number of nitrogens with zero attached hydrogens (tertiary/aromatic N) is 1. The van der Waals surface area contributed by atoms with E-state index in [4.69, 9.17) is 9.47 Å². The average Bonchev–Trinajstić information content (AvgIpc) is 2.63. The molecule has 0 unspecified atom stereocenters. The molecule has 1 aromatic carbocycles. The summed E-state index contributed by atoms with van der Waals surface area (Å²) in [4.78, 5) is 4.12. The smallest absolute Gasteiger partial charge is 0.190 e. The number of aliphatic imine (C=N–C) groups is 1. The minimum absolute atomic E-state index is 0. The van der Waals surface area contributed by atoms with Gasteiger partial charge in [0.05, 0.1) is 6.10 Å². The molecule has 0 saturated carbocycles. The Hall–Kier alpha value is -1.00. The molecule has 8 heteroatoms. The van der Waals surface area contributed by atoms with Gasteiger partial charge in [-0.3, -0.25) is 4.99 Å². The fourth-order valence-electron chi connectivity index (χ4n) is 2.64. The van der Waals surface area contributed by atoms with Gasteiger partial charge in [-0.05, 0) is 49.4 Å². The zero-order valence-corrected chi connectivity index (χ0v) is 17.4. The van der Waals surface area contributed by atoms with Gasteiger partial charge in [0.1, 0.15) is 11.6 Å². The Labute approximate surface area is 171 Å². The normalized spacial score (nSPS) is 15.4. The summed E-state index contributed by atoms with van der Waals surface area (Å²) in [6, 6.07) is 3.49. The molecule has 2 N–H and O–H groups in total. The molecule has 1 fully saturated rings. The maximum Gasteiger partial charge on any atom is 0.190 e. The first-order chi connectivity index (χ1) is 12.2. The van der Waals surface area contributed by atoms with Crippen molar-refractivity contribution in [2.75, 3.05) is 40.0 Å². The Kier molecular flexibility index (Phi) is 11.7. The highest BCUT2D eigenvalue weighted by molar-refractivity contribution is 14.0. The van der Waals surface area contributed by atoms with Crippen LogP contribution >= 0.6 is 24.0 Å². The molecule has 1 saturated heterocycles. The van der Waals surface area contributed by atoms with Crippen LogP contribution in [0.2, 0.25) is 0 Å². The summed E-state index contributed by atoms with van der Waals surface area (Å²) in [6.45, 7) is 3.47. The summed E-state index contributed by atoms with van der Waals surface area (Å²) in [6.07, 6.45) is 3.50. The van der Waals surface area contributed by atoms with Gasteiger partial charge in [0, 0.05) is 40.0 Å². The summed E-state index contributed by atoms with van der Waals surface area (Å²) >= 11 is 0. The predicted octanol–water partition coefficient (Wildman–Crippen LogP) is 2.88. The van der Waals surface area contributed by atoms with Gasteiger partial charge in [0.15, 0.2) is 5.96 Å². The Morgan fingerprint density at radius 3 is 2.69 bits per heavy atom. The molecule has 0 aliphatic carbocycles. The minimum atomic E-state index is -0.427. The van der Waals surface area contributed by atoms with Crippen molar-refractivity contribution >= 4 is 29.9 Å². The van der Waals surface area contributed by atoms with E-state index in [2.05, 4.69) is 15.6 Å². The molecule has 5 nitrogen and oxygen atoms in total. The van der Waals surface area contributed by atoms with Crippen molar-refractivity contribution < 1.29 is 18.3 Å². The van der Waals surface area contributed by atoms with E-state index in [0.29, 0.717) is 37.2 Å². The molecule has 1 aliphatic heterocycles. The lowest BCUT2D eigenvalue weighted by Gasteiger charge is -2.22. The molecule has 0 amide bonds. The van der Waals surface area contributed by atoms with Crippen LogP contribution in [-0.4, -0.2) is 52.0 Å². The van der Waals surface area contributed by atoms with Crippen LogP contribution in [0.3, 0.4) is 0 Å². The van der Waals surface area contributed by atoms with Gasteiger partial charge in [0.2, 0.25) is 0 Å². The second-order valence-corrected chi connectivity index (χ2v) is 5.95. The van der Waals surface area contributed by atoms with Gasteiger partial charge in [-0.15, -0.1) is 24.0 Å². The molecule has 1 aliphatic rings. The Bertz CT molecular complexity index is 555. The Morgan fingerprint density at radius 1 is 1.23 bits per heavy atom. The summed E-state index contributed by atoms with van der Waals surface area (Å²) in [5.41, 5.74) is 0.354. The van der Waals surface area contributed by atoms with E-state index in [1.54, 1.807) is 7.05 Å². The fourth-order valence-corrected chi connectivity index (χ4v) is 2.64. The van der Waals surface area contributed by atoms with Gasteiger partial charge in [-0.25, -0.2) is 8.78 Å². The van der Waals surface area contributed by atoms with Crippen molar-refractivity contribution in [3.63, 3.8) is 0 Å². The Morgan fingerprint density at radius 2 is 1.96 bits per heavy atom. The standard InChI is InChI=1S/C18H27F2N3O2.HI/c1-21-18(22-8-2-10-25-16-6-11-24-12-7-16)23-9-5-14-13-15(19)3-4-17(14)20;/h3-4,13,16H,2,5-12H2,1H3,(H2,21,22,23);1H.